The molecular formula is C21H21NO5. The van der Waals surface area contributed by atoms with Gasteiger partial charge in [-0.3, -0.25) is 9.59 Å². The van der Waals surface area contributed by atoms with Crippen LogP contribution >= 0.6 is 0 Å². The van der Waals surface area contributed by atoms with Crippen LogP contribution in [0.3, 0.4) is 0 Å². The summed E-state index contributed by atoms with van der Waals surface area (Å²) < 4.78 is 5.68. The summed E-state index contributed by atoms with van der Waals surface area (Å²) in [6.45, 7) is 0.591. The first-order chi connectivity index (χ1) is 13.1. The lowest BCUT2D eigenvalue weighted by atomic mass is 10.1. The van der Waals surface area contributed by atoms with Gasteiger partial charge in [-0.2, -0.15) is 0 Å². The minimum atomic E-state index is -0.743. The molecule has 0 aromatic heterocycles. The SMILES string of the molecule is O=C(ON1C(=O)CCC1=O)c1ccc(OCCCCc2ccccc2)cc1. The van der Waals surface area contributed by atoms with Crippen molar-refractivity contribution in [2.24, 2.45) is 0 Å². The summed E-state index contributed by atoms with van der Waals surface area (Å²) in [7, 11) is 0. The number of hydrogen-bond donors (Lipinski definition) is 0. The highest BCUT2D eigenvalue weighted by Crippen LogP contribution is 2.17. The summed E-state index contributed by atoms with van der Waals surface area (Å²) in [4.78, 5) is 39.9. The zero-order valence-corrected chi connectivity index (χ0v) is 14.9. The number of rotatable bonds is 8. The van der Waals surface area contributed by atoms with Crippen LogP contribution < -0.4 is 4.74 Å². The zero-order chi connectivity index (χ0) is 19.1. The van der Waals surface area contributed by atoms with E-state index in [0.29, 0.717) is 17.4 Å². The number of carbonyl (C=O) groups is 3. The molecule has 2 aromatic carbocycles. The normalized spacial score (nSPS) is 13.7. The van der Waals surface area contributed by atoms with Crippen molar-refractivity contribution in [1.82, 2.24) is 5.06 Å². The highest BCUT2D eigenvalue weighted by molar-refractivity contribution is 6.02. The molecule has 1 fully saturated rings. The molecule has 1 heterocycles. The summed E-state index contributed by atoms with van der Waals surface area (Å²) in [5, 5.41) is 0.541. The van der Waals surface area contributed by atoms with Crippen LogP contribution in [0, 0.1) is 0 Å². The van der Waals surface area contributed by atoms with Crippen molar-refractivity contribution in [3.63, 3.8) is 0 Å². The van der Waals surface area contributed by atoms with Crippen molar-refractivity contribution >= 4 is 17.8 Å². The van der Waals surface area contributed by atoms with E-state index >= 15 is 0 Å². The average molecular weight is 367 g/mol. The molecule has 0 radical (unpaired) electrons. The van der Waals surface area contributed by atoms with Crippen molar-refractivity contribution in [2.75, 3.05) is 6.61 Å². The third-order valence-electron chi connectivity index (χ3n) is 4.24. The van der Waals surface area contributed by atoms with E-state index in [4.69, 9.17) is 9.57 Å². The highest BCUT2D eigenvalue weighted by atomic mass is 16.7. The van der Waals surface area contributed by atoms with Gasteiger partial charge in [-0.25, -0.2) is 4.79 Å². The Morgan fingerprint density at radius 1 is 0.889 bits per heavy atom. The standard InChI is InChI=1S/C21H21NO5/c23-19-13-14-20(24)22(19)27-21(25)17-9-11-18(12-10-17)26-15-5-4-8-16-6-2-1-3-7-16/h1-3,6-7,9-12H,4-5,8,13-15H2. The lowest BCUT2D eigenvalue weighted by Crippen LogP contribution is -2.32. The monoisotopic (exact) mass is 367 g/mol. The predicted molar refractivity (Wildman–Crippen MR) is 97.8 cm³/mol. The van der Waals surface area contributed by atoms with E-state index in [1.807, 2.05) is 18.2 Å². The summed E-state index contributed by atoms with van der Waals surface area (Å²) in [6, 6.07) is 16.7. The van der Waals surface area contributed by atoms with E-state index in [2.05, 4.69) is 12.1 Å². The molecule has 0 saturated carbocycles. The van der Waals surface area contributed by atoms with Crippen LogP contribution in [0.25, 0.3) is 0 Å². The van der Waals surface area contributed by atoms with Gasteiger partial charge >= 0.3 is 5.97 Å². The van der Waals surface area contributed by atoms with Gasteiger partial charge in [0.15, 0.2) is 0 Å². The molecule has 2 aromatic rings. The lowest BCUT2D eigenvalue weighted by Gasteiger charge is -2.12. The first-order valence-corrected chi connectivity index (χ1v) is 8.98. The Morgan fingerprint density at radius 3 is 2.22 bits per heavy atom. The number of amides is 2. The largest absolute Gasteiger partial charge is 0.494 e. The Kier molecular flexibility index (Phi) is 6.20. The Balaban J connectivity index is 1.41. The van der Waals surface area contributed by atoms with Crippen molar-refractivity contribution in [1.29, 1.82) is 0 Å². The second-order valence-electron chi connectivity index (χ2n) is 6.28. The van der Waals surface area contributed by atoms with Gasteiger partial charge in [-0.05, 0) is 49.1 Å². The van der Waals surface area contributed by atoms with E-state index in [1.54, 1.807) is 24.3 Å². The van der Waals surface area contributed by atoms with Gasteiger partial charge in [0.25, 0.3) is 11.8 Å². The number of nitrogens with zero attached hydrogens (tertiary/aromatic N) is 1. The summed E-state index contributed by atoms with van der Waals surface area (Å²) in [5.41, 5.74) is 1.56. The number of imide groups is 1. The van der Waals surface area contributed by atoms with E-state index in [9.17, 15) is 14.4 Å². The molecule has 2 amide bonds. The van der Waals surface area contributed by atoms with E-state index in [0.717, 1.165) is 19.3 Å². The van der Waals surface area contributed by atoms with Gasteiger partial charge in [0.1, 0.15) is 5.75 Å². The quantitative estimate of drug-likeness (QED) is 0.529. The molecule has 27 heavy (non-hydrogen) atoms. The fourth-order valence-electron chi connectivity index (χ4n) is 2.75. The van der Waals surface area contributed by atoms with Gasteiger partial charge in [0.2, 0.25) is 0 Å². The number of unbranched alkanes of at least 4 members (excludes halogenated alkanes) is 1. The van der Waals surface area contributed by atoms with Crippen LogP contribution in [0.1, 0.15) is 41.6 Å². The van der Waals surface area contributed by atoms with Gasteiger partial charge in [0.05, 0.1) is 12.2 Å². The Hall–Kier alpha value is -3.15. The zero-order valence-electron chi connectivity index (χ0n) is 14.9. The summed E-state index contributed by atoms with van der Waals surface area (Å²) >= 11 is 0. The van der Waals surface area contributed by atoms with Gasteiger partial charge in [-0.1, -0.05) is 30.3 Å². The van der Waals surface area contributed by atoms with Crippen molar-refractivity contribution < 1.29 is 24.0 Å². The molecule has 140 valence electrons. The Morgan fingerprint density at radius 2 is 1.56 bits per heavy atom. The molecule has 1 saturated heterocycles. The lowest BCUT2D eigenvalue weighted by molar-refractivity contribution is -0.172. The average Bonchev–Trinajstić information content (AvgIpc) is 3.01. The van der Waals surface area contributed by atoms with Gasteiger partial charge < -0.3 is 9.57 Å². The second kappa shape index (κ2) is 8.98. The van der Waals surface area contributed by atoms with Crippen LogP contribution in [0.4, 0.5) is 0 Å². The number of benzene rings is 2. The molecule has 0 unspecified atom stereocenters. The molecule has 0 N–H and O–H groups in total. The maximum atomic E-state index is 12.0. The van der Waals surface area contributed by atoms with Gasteiger partial charge in [-0.15, -0.1) is 5.06 Å². The fourth-order valence-corrected chi connectivity index (χ4v) is 2.75. The molecule has 0 atom stereocenters. The smallest absolute Gasteiger partial charge is 0.363 e. The maximum Gasteiger partial charge on any atom is 0.363 e. The van der Waals surface area contributed by atoms with Crippen molar-refractivity contribution in [3.05, 3.63) is 65.7 Å². The van der Waals surface area contributed by atoms with E-state index in [1.165, 1.54) is 5.56 Å². The van der Waals surface area contributed by atoms with E-state index in [-0.39, 0.29) is 18.4 Å². The van der Waals surface area contributed by atoms with Gasteiger partial charge in [0, 0.05) is 12.8 Å². The summed E-state index contributed by atoms with van der Waals surface area (Å²) in [5.74, 6) is -1.08. The predicted octanol–water partition coefficient (Wildman–Crippen LogP) is 3.31. The Labute approximate surface area is 157 Å². The highest BCUT2D eigenvalue weighted by Gasteiger charge is 2.33. The second-order valence-corrected chi connectivity index (χ2v) is 6.28. The van der Waals surface area contributed by atoms with Crippen LogP contribution in [-0.4, -0.2) is 29.5 Å². The minimum Gasteiger partial charge on any atom is -0.494 e. The third-order valence-corrected chi connectivity index (χ3v) is 4.24. The fraction of sp³-hybridized carbons (Fsp3) is 0.286. The molecule has 0 bridgehead atoms. The van der Waals surface area contributed by atoms with Crippen molar-refractivity contribution in [2.45, 2.75) is 32.1 Å². The molecule has 0 aliphatic carbocycles. The van der Waals surface area contributed by atoms with Crippen molar-refractivity contribution in [3.8, 4) is 5.75 Å². The van der Waals surface area contributed by atoms with Crippen LogP contribution in [0.5, 0.6) is 5.75 Å². The van der Waals surface area contributed by atoms with E-state index < -0.39 is 17.8 Å². The maximum absolute atomic E-state index is 12.0. The number of aryl methyl sites for hydroxylation is 1. The molecule has 1 aliphatic rings. The molecule has 3 rings (SSSR count). The number of hydrogen-bond acceptors (Lipinski definition) is 5. The molecular weight excluding hydrogens is 346 g/mol. The Bertz CT molecular complexity index is 785. The third kappa shape index (κ3) is 5.17. The number of carbonyl (C=O) groups excluding carboxylic acids is 3. The molecule has 6 heteroatoms. The molecule has 1 aliphatic heterocycles. The number of ether oxygens (including phenoxy) is 1. The topological polar surface area (TPSA) is 72.9 Å². The minimum absolute atomic E-state index is 0.0726. The number of hydroxylamine groups is 2. The van der Waals surface area contributed by atoms with Crippen LogP contribution in [0.15, 0.2) is 54.6 Å². The first-order valence-electron chi connectivity index (χ1n) is 8.98. The molecule has 6 nitrogen and oxygen atoms in total. The van der Waals surface area contributed by atoms with Crippen LogP contribution in [0.2, 0.25) is 0 Å². The molecule has 0 spiro atoms. The van der Waals surface area contributed by atoms with Crippen LogP contribution in [-0.2, 0) is 20.8 Å². The first kappa shape index (κ1) is 18.6. The summed E-state index contributed by atoms with van der Waals surface area (Å²) in [6.07, 6.45) is 3.12.